The Morgan fingerprint density at radius 1 is 1.08 bits per heavy atom. The summed E-state index contributed by atoms with van der Waals surface area (Å²) in [6.45, 7) is 0.523. The minimum Gasteiger partial charge on any atom is -0.383 e. The number of alkyl halides is 3. The Morgan fingerprint density at radius 3 is 2.54 bits per heavy atom. The van der Waals surface area contributed by atoms with E-state index >= 15 is 0 Å². The molecule has 0 saturated carbocycles. The van der Waals surface area contributed by atoms with E-state index in [0.29, 0.717) is 5.56 Å². The molecule has 0 atom stereocenters. The molecule has 1 aliphatic rings. The monoisotopic (exact) mass is 576 g/mol. The lowest BCUT2D eigenvalue weighted by atomic mass is 10.1. The molecule has 0 radical (unpaired) electrons. The van der Waals surface area contributed by atoms with Gasteiger partial charge in [0.05, 0.1) is 56.2 Å². The average Bonchev–Trinajstić information content (AvgIpc) is 2.89. The third-order valence-electron chi connectivity index (χ3n) is 5.50. The fourth-order valence-electron chi connectivity index (χ4n) is 3.47. The summed E-state index contributed by atoms with van der Waals surface area (Å²) >= 11 is 5.63. The first kappa shape index (κ1) is 28.1. The topological polar surface area (TPSA) is 124 Å². The summed E-state index contributed by atoms with van der Waals surface area (Å²) in [6, 6.07) is 10.5. The van der Waals surface area contributed by atoms with E-state index in [2.05, 4.69) is 26.5 Å². The van der Waals surface area contributed by atoms with Gasteiger partial charge in [0.15, 0.2) is 0 Å². The normalized spacial score (nSPS) is 14.6. The maximum atomic E-state index is 13.1. The van der Waals surface area contributed by atoms with Gasteiger partial charge in [-0.25, -0.2) is 9.19 Å². The fraction of sp³-hybridized carbons (Fsp3) is 0.192. The molecule has 3 aromatic rings. The largest absolute Gasteiger partial charge is 0.417 e. The third kappa shape index (κ3) is 7.14. The van der Waals surface area contributed by atoms with E-state index in [1.165, 1.54) is 30.5 Å². The first-order valence-corrected chi connectivity index (χ1v) is 13.6. The molecule has 2 amide bonds. The molecular formula is C26H20ClF3N4O4S. The molecule has 2 heterocycles. The summed E-state index contributed by atoms with van der Waals surface area (Å²) in [5.41, 5.74) is 5.56. The number of nitrogens with one attached hydrogen (secondary N) is 1. The molecule has 1 fully saturated rings. The van der Waals surface area contributed by atoms with Crippen molar-refractivity contribution in [2.45, 2.75) is 6.18 Å². The number of anilines is 2. The Kier molecular flexibility index (Phi) is 8.25. The minimum atomic E-state index is -4.68. The van der Waals surface area contributed by atoms with Crippen molar-refractivity contribution in [1.29, 1.82) is 0 Å². The molecule has 1 aliphatic heterocycles. The van der Waals surface area contributed by atoms with Crippen LogP contribution in [0.2, 0.25) is 5.02 Å². The SMILES string of the molecule is Nc1ncc(C(=O)N=S2(=O)CCOCC2)cc1C#Cc1cccc(C(=O)Nc2ccc(Cl)c(C(F)(F)F)c2)c1. The number of hydrogen-bond donors (Lipinski definition) is 2. The highest BCUT2D eigenvalue weighted by Gasteiger charge is 2.33. The molecule has 3 N–H and O–H groups in total. The van der Waals surface area contributed by atoms with Gasteiger partial charge in [-0.1, -0.05) is 29.5 Å². The van der Waals surface area contributed by atoms with Crippen LogP contribution in [0.3, 0.4) is 0 Å². The summed E-state index contributed by atoms with van der Waals surface area (Å²) < 4.78 is 61.1. The van der Waals surface area contributed by atoms with Crippen molar-refractivity contribution in [3.05, 3.63) is 87.6 Å². The highest BCUT2D eigenvalue weighted by atomic mass is 35.5. The molecule has 0 spiro atoms. The van der Waals surface area contributed by atoms with Crippen molar-refractivity contribution in [3.63, 3.8) is 0 Å². The van der Waals surface area contributed by atoms with E-state index in [9.17, 15) is 27.0 Å². The standard InChI is InChI=1S/C26H20ClF3N4O4S/c27-22-7-6-20(14-21(22)26(28,29)30)33-24(35)18-3-1-2-16(12-18)4-5-17-13-19(15-32-23(17)31)25(36)34-39(37)10-8-38-9-11-39/h1-3,6-7,12-15H,8-11H2,(H2,31,32)(H,33,35). The first-order chi connectivity index (χ1) is 18.4. The molecule has 8 nitrogen and oxygen atoms in total. The molecular weight excluding hydrogens is 557 g/mol. The molecule has 0 bridgehead atoms. The number of nitrogen functional groups attached to an aromatic ring is 1. The molecule has 39 heavy (non-hydrogen) atoms. The summed E-state index contributed by atoms with van der Waals surface area (Å²) in [6.07, 6.45) is -3.46. The molecule has 1 aromatic heterocycles. The van der Waals surface area contributed by atoms with E-state index in [-0.39, 0.29) is 52.9 Å². The molecule has 0 aliphatic carbocycles. The van der Waals surface area contributed by atoms with Crippen molar-refractivity contribution >= 4 is 44.6 Å². The molecule has 13 heteroatoms. The minimum absolute atomic E-state index is 0.0476. The van der Waals surface area contributed by atoms with Crippen LogP contribution in [0.1, 0.15) is 37.4 Å². The lowest BCUT2D eigenvalue weighted by Crippen LogP contribution is -2.26. The van der Waals surface area contributed by atoms with E-state index in [0.717, 1.165) is 12.1 Å². The maximum absolute atomic E-state index is 13.1. The lowest BCUT2D eigenvalue weighted by molar-refractivity contribution is -0.137. The van der Waals surface area contributed by atoms with Crippen LogP contribution in [0.15, 0.2) is 59.1 Å². The van der Waals surface area contributed by atoms with Crippen molar-refractivity contribution in [3.8, 4) is 11.8 Å². The van der Waals surface area contributed by atoms with Crippen LogP contribution in [0.4, 0.5) is 24.7 Å². The predicted molar refractivity (Wildman–Crippen MR) is 141 cm³/mol. The van der Waals surface area contributed by atoms with Gasteiger partial charge >= 0.3 is 6.18 Å². The molecule has 202 valence electrons. The third-order valence-corrected chi connectivity index (χ3v) is 7.94. The van der Waals surface area contributed by atoms with Gasteiger partial charge in [0.2, 0.25) is 0 Å². The highest BCUT2D eigenvalue weighted by Crippen LogP contribution is 2.36. The molecule has 1 saturated heterocycles. The van der Waals surface area contributed by atoms with Crippen LogP contribution >= 0.6 is 11.6 Å². The summed E-state index contributed by atoms with van der Waals surface area (Å²) in [5, 5.41) is 1.93. The van der Waals surface area contributed by atoms with Crippen LogP contribution < -0.4 is 11.1 Å². The Balaban J connectivity index is 1.54. The number of pyridine rings is 1. The summed E-state index contributed by atoms with van der Waals surface area (Å²) in [5.74, 6) is 4.63. The quantitative estimate of drug-likeness (QED) is 0.438. The number of rotatable bonds is 3. The highest BCUT2D eigenvalue weighted by molar-refractivity contribution is 7.94. The summed E-state index contributed by atoms with van der Waals surface area (Å²) in [7, 11) is -2.71. The fourth-order valence-corrected chi connectivity index (χ4v) is 5.25. The van der Waals surface area contributed by atoms with Gasteiger partial charge < -0.3 is 15.8 Å². The second-order valence-corrected chi connectivity index (χ2v) is 11.3. The zero-order chi connectivity index (χ0) is 28.2. The van der Waals surface area contributed by atoms with Crippen molar-refractivity contribution in [2.75, 3.05) is 35.8 Å². The summed E-state index contributed by atoms with van der Waals surface area (Å²) in [4.78, 5) is 29.2. The number of nitrogens with two attached hydrogens (primary N) is 1. The maximum Gasteiger partial charge on any atom is 0.417 e. The van der Waals surface area contributed by atoms with Gasteiger partial charge in [-0.3, -0.25) is 9.59 Å². The number of aromatic nitrogens is 1. The van der Waals surface area contributed by atoms with Crippen LogP contribution in [0.25, 0.3) is 0 Å². The van der Waals surface area contributed by atoms with E-state index < -0.39 is 38.3 Å². The number of hydrogen-bond acceptors (Lipinski definition) is 6. The first-order valence-electron chi connectivity index (χ1n) is 11.3. The predicted octanol–water partition coefficient (Wildman–Crippen LogP) is 4.63. The molecule has 2 aromatic carbocycles. The molecule has 0 unspecified atom stereocenters. The Labute approximate surface area is 226 Å². The van der Waals surface area contributed by atoms with Gasteiger partial charge in [-0.05, 0) is 42.5 Å². The zero-order valence-electron chi connectivity index (χ0n) is 20.0. The lowest BCUT2D eigenvalue weighted by Gasteiger charge is -2.15. The van der Waals surface area contributed by atoms with Crippen LogP contribution in [0, 0.1) is 11.8 Å². The molecule has 4 rings (SSSR count). The Morgan fingerprint density at radius 2 is 1.82 bits per heavy atom. The number of carbonyl (C=O) groups excluding carboxylic acids is 2. The smallest absolute Gasteiger partial charge is 0.383 e. The number of nitrogens with zero attached hydrogens (tertiary/aromatic N) is 2. The van der Waals surface area contributed by atoms with Crippen LogP contribution in [-0.2, 0) is 20.6 Å². The van der Waals surface area contributed by atoms with Gasteiger partial charge in [-0.2, -0.15) is 17.5 Å². The number of benzene rings is 2. The van der Waals surface area contributed by atoms with Gasteiger partial charge in [-0.15, -0.1) is 0 Å². The van der Waals surface area contributed by atoms with Crippen LogP contribution in [0.5, 0.6) is 0 Å². The van der Waals surface area contributed by atoms with Crippen molar-refractivity contribution < 1.29 is 31.7 Å². The zero-order valence-corrected chi connectivity index (χ0v) is 21.6. The van der Waals surface area contributed by atoms with E-state index in [1.54, 1.807) is 12.1 Å². The van der Waals surface area contributed by atoms with Crippen molar-refractivity contribution in [2.24, 2.45) is 4.36 Å². The van der Waals surface area contributed by atoms with Crippen molar-refractivity contribution in [1.82, 2.24) is 4.98 Å². The Bertz CT molecular complexity index is 1630. The van der Waals surface area contributed by atoms with Crippen LogP contribution in [-0.4, -0.2) is 45.7 Å². The van der Waals surface area contributed by atoms with Gasteiger partial charge in [0.25, 0.3) is 11.8 Å². The van der Waals surface area contributed by atoms with Gasteiger partial charge in [0.1, 0.15) is 5.82 Å². The average molecular weight is 577 g/mol. The number of halogens is 4. The Hall–Kier alpha value is -3.92. The van der Waals surface area contributed by atoms with E-state index in [1.807, 2.05) is 0 Å². The number of amides is 2. The number of ether oxygens (including phenoxy) is 1. The van der Waals surface area contributed by atoms with E-state index in [4.69, 9.17) is 22.1 Å². The second-order valence-electron chi connectivity index (χ2n) is 8.32. The number of carbonyl (C=O) groups is 2. The second kappa shape index (κ2) is 11.4. The van der Waals surface area contributed by atoms with Gasteiger partial charge in [0, 0.05) is 23.0 Å².